The van der Waals surface area contributed by atoms with Crippen molar-refractivity contribution in [2.45, 2.75) is 32.6 Å². The van der Waals surface area contributed by atoms with E-state index in [1.807, 2.05) is 36.4 Å². The Kier molecular flexibility index (Phi) is 6.87. The number of rotatable bonds is 8. The van der Waals surface area contributed by atoms with Crippen LogP contribution in [0.1, 0.15) is 30.2 Å². The summed E-state index contributed by atoms with van der Waals surface area (Å²) in [5.41, 5.74) is 4.31. The van der Waals surface area contributed by atoms with E-state index in [9.17, 15) is 10.0 Å². The summed E-state index contributed by atoms with van der Waals surface area (Å²) in [6.45, 7) is 1.96. The summed E-state index contributed by atoms with van der Waals surface area (Å²) in [5.74, 6) is -0.593. The van der Waals surface area contributed by atoms with Gasteiger partial charge >= 0.3 is 5.97 Å². The van der Waals surface area contributed by atoms with Gasteiger partial charge < -0.3 is 14.9 Å². The number of carbonyl (C=O) groups is 1. The molecule has 0 fully saturated rings. The molecule has 28 heavy (non-hydrogen) atoms. The number of nitrogens with one attached hydrogen (secondary N) is 1. The van der Waals surface area contributed by atoms with Crippen molar-refractivity contribution in [3.63, 3.8) is 0 Å². The van der Waals surface area contributed by atoms with E-state index >= 15 is 0 Å². The maximum absolute atomic E-state index is 12.1. The van der Waals surface area contributed by atoms with E-state index in [0.717, 1.165) is 45.9 Å². The van der Waals surface area contributed by atoms with Gasteiger partial charge in [0.1, 0.15) is 0 Å². The molecule has 0 saturated heterocycles. The second kappa shape index (κ2) is 9.55. The molecule has 5 nitrogen and oxygen atoms in total. The third-order valence-corrected chi connectivity index (χ3v) is 5.16. The first kappa shape index (κ1) is 20.1. The zero-order valence-electron chi connectivity index (χ0n) is 15.7. The first-order valence-corrected chi connectivity index (χ1v) is 10.1. The Hall–Kier alpha value is -2.60. The van der Waals surface area contributed by atoms with E-state index in [1.165, 1.54) is 5.56 Å². The molecule has 3 aromatic rings. The van der Waals surface area contributed by atoms with E-state index in [2.05, 4.69) is 38.2 Å². The Balaban J connectivity index is 1.86. The van der Waals surface area contributed by atoms with Crippen molar-refractivity contribution in [3.05, 3.63) is 69.8 Å². The van der Waals surface area contributed by atoms with Gasteiger partial charge in [0.2, 0.25) is 0 Å². The van der Waals surface area contributed by atoms with Crippen LogP contribution in [0.3, 0.4) is 0 Å². The van der Waals surface area contributed by atoms with Gasteiger partial charge in [-0.05, 0) is 55.5 Å². The molecule has 2 N–H and O–H groups in total. The fraction of sp³-hybridized carbons (Fsp3) is 0.273. The Labute approximate surface area is 172 Å². The number of carbonyl (C=O) groups excluding carboxylic acids is 1. The van der Waals surface area contributed by atoms with Crippen LogP contribution in [-0.2, 0) is 28.8 Å². The number of aryl methyl sites for hydroxylation is 2. The molecule has 1 aromatic heterocycles. The minimum atomic E-state index is -0.593. The van der Waals surface area contributed by atoms with Gasteiger partial charge in [0, 0.05) is 27.5 Å². The van der Waals surface area contributed by atoms with Crippen LogP contribution < -0.4 is 0 Å². The van der Waals surface area contributed by atoms with Crippen molar-refractivity contribution >= 4 is 38.5 Å². The molecule has 1 heterocycles. The minimum absolute atomic E-state index is 0.00651. The average Bonchev–Trinajstić information content (AvgIpc) is 3.03. The monoisotopic (exact) mass is 442 g/mol. The van der Waals surface area contributed by atoms with Crippen molar-refractivity contribution in [1.82, 2.24) is 4.98 Å². The standard InChI is InChI=1S/C22H23BrN2O3/c1-2-28-22(26)21(25-27)14-18-17-13-16(23)11-12-20(17)24-19(18)10-6-9-15-7-4-3-5-8-15/h3-5,7-8,11-13,24,27H,2,6,9-10,14H2,1H3/b25-21-. The summed E-state index contributed by atoms with van der Waals surface area (Å²) in [4.78, 5) is 15.5. The normalized spacial score (nSPS) is 11.7. The third kappa shape index (κ3) is 4.81. The van der Waals surface area contributed by atoms with E-state index < -0.39 is 5.97 Å². The number of aromatic nitrogens is 1. The molecule has 0 saturated carbocycles. The van der Waals surface area contributed by atoms with Crippen molar-refractivity contribution in [2.24, 2.45) is 5.16 Å². The van der Waals surface area contributed by atoms with Crippen LogP contribution in [0, 0.1) is 0 Å². The zero-order valence-corrected chi connectivity index (χ0v) is 17.3. The number of fused-ring (bicyclic) bond motifs is 1. The summed E-state index contributed by atoms with van der Waals surface area (Å²) in [5, 5.41) is 13.5. The predicted molar refractivity (Wildman–Crippen MR) is 114 cm³/mol. The van der Waals surface area contributed by atoms with Gasteiger partial charge in [-0.2, -0.15) is 0 Å². The number of hydrogen-bond acceptors (Lipinski definition) is 4. The topological polar surface area (TPSA) is 74.7 Å². The first-order chi connectivity index (χ1) is 13.6. The van der Waals surface area contributed by atoms with Gasteiger partial charge in [0.05, 0.1) is 6.61 Å². The molecule has 0 aliphatic heterocycles. The average molecular weight is 443 g/mol. The quantitative estimate of drug-likeness (QED) is 0.222. The number of H-pyrrole nitrogens is 1. The van der Waals surface area contributed by atoms with Crippen LogP contribution in [0.5, 0.6) is 0 Å². The van der Waals surface area contributed by atoms with Crippen LogP contribution in [0.2, 0.25) is 0 Å². The van der Waals surface area contributed by atoms with Gasteiger partial charge in [0.25, 0.3) is 0 Å². The molecule has 146 valence electrons. The lowest BCUT2D eigenvalue weighted by molar-refractivity contribution is -0.135. The first-order valence-electron chi connectivity index (χ1n) is 9.33. The second-order valence-electron chi connectivity index (χ2n) is 6.56. The lowest BCUT2D eigenvalue weighted by Crippen LogP contribution is -2.20. The molecule has 0 amide bonds. The maximum atomic E-state index is 12.1. The molecular formula is C22H23BrN2O3. The fourth-order valence-electron chi connectivity index (χ4n) is 3.34. The smallest absolute Gasteiger partial charge is 0.356 e. The second-order valence-corrected chi connectivity index (χ2v) is 7.47. The number of halogens is 1. The van der Waals surface area contributed by atoms with Crippen LogP contribution >= 0.6 is 15.9 Å². The molecule has 6 heteroatoms. The summed E-state index contributed by atoms with van der Waals surface area (Å²) < 4.78 is 5.96. The van der Waals surface area contributed by atoms with Gasteiger partial charge in [-0.3, -0.25) is 0 Å². The summed E-state index contributed by atoms with van der Waals surface area (Å²) in [6.07, 6.45) is 2.98. The maximum Gasteiger partial charge on any atom is 0.356 e. The van der Waals surface area contributed by atoms with Crippen molar-refractivity contribution in [2.75, 3.05) is 6.61 Å². The van der Waals surface area contributed by atoms with Gasteiger partial charge in [-0.1, -0.05) is 51.4 Å². The minimum Gasteiger partial charge on any atom is -0.461 e. The lowest BCUT2D eigenvalue weighted by atomic mass is 10.0. The van der Waals surface area contributed by atoms with Gasteiger partial charge in [-0.25, -0.2) is 4.79 Å². The van der Waals surface area contributed by atoms with Crippen molar-refractivity contribution in [1.29, 1.82) is 0 Å². The number of oxime groups is 1. The van der Waals surface area contributed by atoms with E-state index in [1.54, 1.807) is 6.92 Å². The Morgan fingerprint density at radius 3 is 2.68 bits per heavy atom. The summed E-state index contributed by atoms with van der Waals surface area (Å²) >= 11 is 3.51. The fourth-order valence-corrected chi connectivity index (χ4v) is 3.70. The molecule has 2 aromatic carbocycles. The zero-order chi connectivity index (χ0) is 19.9. The summed E-state index contributed by atoms with van der Waals surface area (Å²) in [7, 11) is 0. The predicted octanol–water partition coefficient (Wildman–Crippen LogP) is 5.04. The highest BCUT2D eigenvalue weighted by Crippen LogP contribution is 2.28. The number of ether oxygens (including phenoxy) is 1. The van der Waals surface area contributed by atoms with E-state index in [-0.39, 0.29) is 18.7 Å². The molecule has 0 atom stereocenters. The molecule has 0 unspecified atom stereocenters. The SMILES string of the molecule is CCOC(=O)/C(Cc1c(CCCc2ccccc2)[nH]c2ccc(Br)cc12)=N\O. The third-order valence-electron chi connectivity index (χ3n) is 4.67. The number of esters is 1. The van der Waals surface area contributed by atoms with Gasteiger partial charge in [-0.15, -0.1) is 0 Å². The van der Waals surface area contributed by atoms with Crippen LogP contribution in [0.15, 0.2) is 58.2 Å². The van der Waals surface area contributed by atoms with Gasteiger partial charge in [0.15, 0.2) is 5.71 Å². The Morgan fingerprint density at radius 1 is 1.18 bits per heavy atom. The Bertz CT molecular complexity index is 980. The molecule has 3 rings (SSSR count). The molecule has 0 bridgehead atoms. The lowest BCUT2D eigenvalue weighted by Gasteiger charge is -2.07. The Morgan fingerprint density at radius 2 is 1.96 bits per heavy atom. The molecule has 0 radical (unpaired) electrons. The van der Waals surface area contributed by atoms with Crippen LogP contribution in [0.4, 0.5) is 0 Å². The number of aromatic amines is 1. The van der Waals surface area contributed by atoms with Crippen LogP contribution in [-0.4, -0.2) is 28.5 Å². The highest BCUT2D eigenvalue weighted by atomic mass is 79.9. The van der Waals surface area contributed by atoms with E-state index in [0.29, 0.717) is 0 Å². The number of nitrogens with zero attached hydrogens (tertiary/aromatic N) is 1. The molecule has 0 aliphatic carbocycles. The molecular weight excluding hydrogens is 420 g/mol. The molecule has 0 spiro atoms. The highest BCUT2D eigenvalue weighted by Gasteiger charge is 2.20. The number of hydrogen-bond donors (Lipinski definition) is 2. The molecule has 0 aliphatic rings. The van der Waals surface area contributed by atoms with Crippen molar-refractivity contribution in [3.8, 4) is 0 Å². The summed E-state index contributed by atoms with van der Waals surface area (Å²) in [6, 6.07) is 16.4. The van der Waals surface area contributed by atoms with E-state index in [4.69, 9.17) is 4.74 Å². The van der Waals surface area contributed by atoms with Crippen molar-refractivity contribution < 1.29 is 14.7 Å². The highest BCUT2D eigenvalue weighted by molar-refractivity contribution is 9.10. The number of benzene rings is 2. The largest absolute Gasteiger partial charge is 0.461 e. The van der Waals surface area contributed by atoms with Crippen LogP contribution in [0.25, 0.3) is 10.9 Å².